The largest absolute Gasteiger partial charge is 0.512 e. The Morgan fingerprint density at radius 3 is 2.17 bits per heavy atom. The molecule has 0 aliphatic carbocycles. The van der Waals surface area contributed by atoms with Crippen LogP contribution in [0.15, 0.2) is 83.0 Å². The minimum absolute atomic E-state index is 0. The van der Waals surface area contributed by atoms with Crippen molar-refractivity contribution in [2.75, 3.05) is 0 Å². The van der Waals surface area contributed by atoms with E-state index in [1.54, 1.807) is 0 Å². The summed E-state index contributed by atoms with van der Waals surface area (Å²) in [5.41, 5.74) is 8.53. The molecule has 0 atom stereocenters. The Labute approximate surface area is 324 Å². The number of aliphatic hydroxyl groups excluding tert-OH is 1. The van der Waals surface area contributed by atoms with E-state index in [0.29, 0.717) is 5.92 Å². The van der Waals surface area contributed by atoms with Gasteiger partial charge < -0.3 is 9.52 Å². The van der Waals surface area contributed by atoms with Crippen LogP contribution in [0.1, 0.15) is 105 Å². The second-order valence-corrected chi connectivity index (χ2v) is 15.6. The zero-order valence-corrected chi connectivity index (χ0v) is 35.1. The minimum Gasteiger partial charge on any atom is -0.512 e. The number of carbonyl (C=O) groups is 1. The summed E-state index contributed by atoms with van der Waals surface area (Å²) in [6.45, 7) is 21.5. The number of carbonyl (C=O) groups excluding carboxylic acids is 1. The number of aliphatic hydroxyl groups is 1. The van der Waals surface area contributed by atoms with Crippen molar-refractivity contribution in [3.8, 4) is 11.3 Å². The van der Waals surface area contributed by atoms with Gasteiger partial charge in [-0.1, -0.05) is 115 Å². The fourth-order valence-corrected chi connectivity index (χ4v) is 7.22. The van der Waals surface area contributed by atoms with E-state index in [9.17, 15) is 9.90 Å². The van der Waals surface area contributed by atoms with E-state index in [0.717, 1.165) is 81.6 Å². The van der Waals surface area contributed by atoms with Gasteiger partial charge in [0.15, 0.2) is 5.78 Å². The van der Waals surface area contributed by atoms with Gasteiger partial charge in [-0.25, -0.2) is 0 Å². The van der Waals surface area contributed by atoms with E-state index in [4.69, 9.17) is 9.40 Å². The molecule has 1 radical (unpaired) electrons. The summed E-state index contributed by atoms with van der Waals surface area (Å²) >= 11 is 0. The normalized spacial score (nSPS) is 12.3. The average molecular weight is 875 g/mol. The quantitative estimate of drug-likeness (QED) is 0.0846. The third-order valence-corrected chi connectivity index (χ3v) is 10.2. The van der Waals surface area contributed by atoms with E-state index in [-0.39, 0.29) is 48.9 Å². The number of fused-ring (bicyclic) bond motifs is 6. The maximum Gasteiger partial charge on any atom is 0.162 e. The first-order chi connectivity index (χ1) is 24.3. The molecule has 1 N–H and O–H groups in total. The van der Waals surface area contributed by atoms with Crippen LogP contribution >= 0.6 is 0 Å². The fourth-order valence-electron chi connectivity index (χ4n) is 7.22. The molecular formula is C47H56IrNO3-. The summed E-state index contributed by atoms with van der Waals surface area (Å²) < 4.78 is 6.64. The van der Waals surface area contributed by atoms with Crippen LogP contribution in [-0.4, -0.2) is 15.9 Å². The molecule has 277 valence electrons. The van der Waals surface area contributed by atoms with Crippen molar-refractivity contribution in [3.05, 3.63) is 101 Å². The molecule has 0 bridgehead atoms. The Balaban J connectivity index is 0.000000323. The average Bonchev–Trinajstić information content (AvgIpc) is 3.47. The van der Waals surface area contributed by atoms with Gasteiger partial charge >= 0.3 is 0 Å². The van der Waals surface area contributed by atoms with Gasteiger partial charge in [0, 0.05) is 59.9 Å². The van der Waals surface area contributed by atoms with Crippen LogP contribution in [0.5, 0.6) is 0 Å². The van der Waals surface area contributed by atoms with Crippen molar-refractivity contribution in [1.82, 2.24) is 4.98 Å². The minimum atomic E-state index is -0.0132. The molecule has 2 aromatic heterocycles. The number of aromatic nitrogens is 1. The molecule has 52 heavy (non-hydrogen) atoms. The summed E-state index contributed by atoms with van der Waals surface area (Å²) in [7, 11) is 0. The number of pyridine rings is 1. The Kier molecular flexibility index (Phi) is 13.7. The van der Waals surface area contributed by atoms with E-state index < -0.39 is 0 Å². The first kappa shape index (κ1) is 41.0. The van der Waals surface area contributed by atoms with Crippen LogP contribution in [0, 0.1) is 30.7 Å². The molecule has 6 aromatic rings. The number of ketones is 1. The smallest absolute Gasteiger partial charge is 0.162 e. The van der Waals surface area contributed by atoms with Crippen LogP contribution in [-0.2, 0) is 36.7 Å². The Bertz CT molecular complexity index is 2190. The van der Waals surface area contributed by atoms with E-state index in [1.165, 1.54) is 28.2 Å². The van der Waals surface area contributed by atoms with Crippen molar-refractivity contribution in [1.29, 1.82) is 0 Å². The molecule has 0 spiro atoms. The van der Waals surface area contributed by atoms with E-state index in [2.05, 4.69) is 114 Å². The first-order valence-electron chi connectivity index (χ1n) is 18.9. The maximum atomic E-state index is 11.7. The maximum absolute atomic E-state index is 11.7. The molecule has 2 heterocycles. The molecular weight excluding hydrogens is 819 g/mol. The van der Waals surface area contributed by atoms with Crippen LogP contribution in [0.3, 0.4) is 0 Å². The van der Waals surface area contributed by atoms with Crippen molar-refractivity contribution >= 4 is 49.4 Å². The van der Waals surface area contributed by atoms with Crippen LogP contribution in [0.4, 0.5) is 0 Å². The molecule has 5 heteroatoms. The number of benzene rings is 4. The van der Waals surface area contributed by atoms with Gasteiger partial charge in [-0.3, -0.25) is 9.78 Å². The van der Waals surface area contributed by atoms with Gasteiger partial charge in [0.1, 0.15) is 11.2 Å². The predicted octanol–water partition coefficient (Wildman–Crippen LogP) is 13.4. The molecule has 0 saturated heterocycles. The standard InChI is InChI=1S/C34H32NO.C13H24O2.Ir/c1-20(2)15-22-12-13-26-30(17-22)36-33-27-16-21(3)11-14-29(27)35-32(31(26)33)24-18-23-9-7-8-10-25(23)28(19-24)34(4,5)6;1-5-10(6-2)12(14)9-13(15)11(7-3)8-4;/h7-14,16-17,19-20H,15H2,1-6H3;9-11,14H,5-8H2,1-4H3;/q-1;;/b;12-9-;. The number of aryl methyl sites for hydroxylation is 1. The topological polar surface area (TPSA) is 63.3 Å². The summed E-state index contributed by atoms with van der Waals surface area (Å²) in [4.78, 5) is 17.0. The van der Waals surface area contributed by atoms with Crippen molar-refractivity contribution in [2.45, 2.75) is 107 Å². The third kappa shape index (κ3) is 8.87. The molecule has 0 fully saturated rings. The van der Waals surface area contributed by atoms with Gasteiger partial charge in [0.05, 0.1) is 11.3 Å². The Morgan fingerprint density at radius 2 is 1.54 bits per heavy atom. The van der Waals surface area contributed by atoms with Gasteiger partial charge in [-0.2, -0.15) is 0 Å². The van der Waals surface area contributed by atoms with Crippen LogP contribution < -0.4 is 0 Å². The van der Waals surface area contributed by atoms with Gasteiger partial charge in [-0.15, -0.1) is 29.1 Å². The second-order valence-electron chi connectivity index (χ2n) is 15.6. The summed E-state index contributed by atoms with van der Waals surface area (Å²) in [6, 6.07) is 27.6. The number of hydrogen-bond acceptors (Lipinski definition) is 4. The summed E-state index contributed by atoms with van der Waals surface area (Å²) in [6.07, 6.45) is 5.94. The summed E-state index contributed by atoms with van der Waals surface area (Å²) in [5, 5.41) is 15.4. The molecule has 6 rings (SSSR count). The van der Waals surface area contributed by atoms with Crippen LogP contribution in [0.2, 0.25) is 0 Å². The van der Waals surface area contributed by atoms with Crippen molar-refractivity contribution < 1.29 is 34.4 Å². The fraction of sp³-hybridized carbons (Fsp3) is 0.404. The molecule has 0 unspecified atom stereocenters. The number of nitrogens with zero attached hydrogens (tertiary/aromatic N) is 1. The molecule has 0 amide bonds. The zero-order valence-electron chi connectivity index (χ0n) is 32.7. The number of rotatable bonds is 10. The molecule has 4 aromatic carbocycles. The van der Waals surface area contributed by atoms with E-state index in [1.807, 2.05) is 27.7 Å². The Hall–Kier alpha value is -3.79. The predicted molar refractivity (Wildman–Crippen MR) is 217 cm³/mol. The number of furan rings is 1. The van der Waals surface area contributed by atoms with E-state index >= 15 is 0 Å². The number of hydrogen-bond donors (Lipinski definition) is 1. The molecule has 0 aliphatic rings. The number of allylic oxidation sites excluding steroid dienone is 2. The van der Waals surface area contributed by atoms with Crippen molar-refractivity contribution in [2.24, 2.45) is 17.8 Å². The second kappa shape index (κ2) is 17.4. The monoisotopic (exact) mass is 875 g/mol. The van der Waals surface area contributed by atoms with Crippen LogP contribution in [0.25, 0.3) is 54.9 Å². The molecule has 4 nitrogen and oxygen atoms in total. The third-order valence-electron chi connectivity index (χ3n) is 10.2. The Morgan fingerprint density at radius 1 is 0.865 bits per heavy atom. The first-order valence-corrected chi connectivity index (χ1v) is 18.9. The summed E-state index contributed by atoms with van der Waals surface area (Å²) in [5.74, 6) is 1.14. The van der Waals surface area contributed by atoms with Gasteiger partial charge in [-0.05, 0) is 74.1 Å². The van der Waals surface area contributed by atoms with Gasteiger partial charge in [0.25, 0.3) is 0 Å². The molecule has 0 aliphatic heterocycles. The zero-order chi connectivity index (χ0) is 37.0. The molecule has 0 saturated carbocycles. The SMILES string of the molecule is CCC(CC)C(=O)/C=C(\O)C(CC)CC.Cc1ccc2nc(-c3[c-]c4ccccc4c(C(C)(C)C)c3)c3c4ccc(CC(C)C)cc4oc3c2c1.[Ir]. The van der Waals surface area contributed by atoms with Crippen molar-refractivity contribution in [3.63, 3.8) is 0 Å². The van der Waals surface area contributed by atoms with Gasteiger partial charge in [0.2, 0.25) is 0 Å².